The molecule has 5 rings (SSSR count). The van der Waals surface area contributed by atoms with Gasteiger partial charge in [0.05, 0.1) is 25.2 Å². The van der Waals surface area contributed by atoms with Crippen LogP contribution in [0.5, 0.6) is 5.75 Å². The molecular formula is C27H29N5O2. The molecule has 0 radical (unpaired) electrons. The summed E-state index contributed by atoms with van der Waals surface area (Å²) in [7, 11) is 1.70. The fourth-order valence-corrected chi connectivity index (χ4v) is 4.69. The number of para-hydroxylation sites is 2. The van der Waals surface area contributed by atoms with Gasteiger partial charge in [-0.25, -0.2) is 4.68 Å². The Labute approximate surface area is 199 Å². The Balaban J connectivity index is 1.26. The summed E-state index contributed by atoms with van der Waals surface area (Å²) in [6.07, 6.45) is 2.37. The maximum Gasteiger partial charge on any atom is 0.251 e. The third-order valence-corrected chi connectivity index (χ3v) is 6.50. The monoisotopic (exact) mass is 455 g/mol. The number of fused-ring (bicyclic) bond motifs is 1. The third kappa shape index (κ3) is 4.65. The number of nitrogens with zero attached hydrogens (tertiary/aromatic N) is 4. The Morgan fingerprint density at radius 3 is 2.53 bits per heavy atom. The Kier molecular flexibility index (Phi) is 6.53. The predicted molar refractivity (Wildman–Crippen MR) is 132 cm³/mol. The molecule has 174 valence electrons. The lowest BCUT2D eigenvalue weighted by Crippen LogP contribution is -2.37. The van der Waals surface area contributed by atoms with Gasteiger partial charge in [0, 0.05) is 17.7 Å². The zero-order valence-electron chi connectivity index (χ0n) is 19.4. The van der Waals surface area contributed by atoms with Crippen LogP contribution in [0.4, 0.5) is 0 Å². The van der Waals surface area contributed by atoms with E-state index in [0.29, 0.717) is 18.7 Å². The number of nitrogens with one attached hydrogen (secondary N) is 1. The van der Waals surface area contributed by atoms with Crippen LogP contribution in [0.3, 0.4) is 0 Å². The van der Waals surface area contributed by atoms with Crippen LogP contribution >= 0.6 is 0 Å². The van der Waals surface area contributed by atoms with Crippen molar-refractivity contribution in [3.05, 3.63) is 89.5 Å². The zero-order chi connectivity index (χ0) is 23.3. The van der Waals surface area contributed by atoms with Crippen molar-refractivity contribution >= 4 is 16.9 Å². The highest BCUT2D eigenvalue weighted by atomic mass is 16.5. The molecule has 1 aliphatic rings. The van der Waals surface area contributed by atoms with Crippen molar-refractivity contribution in [1.82, 2.24) is 25.2 Å². The number of hydrogen-bond donors (Lipinski definition) is 1. The fraction of sp³-hybridized carbons (Fsp3) is 0.296. The second-order valence-electron chi connectivity index (χ2n) is 8.64. The molecule has 0 saturated carbocycles. The molecule has 3 aromatic carbocycles. The largest absolute Gasteiger partial charge is 0.496 e. The van der Waals surface area contributed by atoms with Crippen LogP contribution in [0.25, 0.3) is 11.0 Å². The van der Waals surface area contributed by atoms with E-state index in [4.69, 9.17) is 4.74 Å². The van der Waals surface area contributed by atoms with Crippen molar-refractivity contribution in [2.45, 2.75) is 25.4 Å². The normalized spacial score (nSPS) is 14.9. The van der Waals surface area contributed by atoms with Crippen LogP contribution in [0, 0.1) is 0 Å². The highest BCUT2D eigenvalue weighted by Crippen LogP contribution is 2.31. The van der Waals surface area contributed by atoms with Crippen LogP contribution < -0.4 is 10.1 Å². The van der Waals surface area contributed by atoms with Gasteiger partial charge in [0.25, 0.3) is 5.91 Å². The molecule has 0 aliphatic carbocycles. The molecule has 1 saturated heterocycles. The summed E-state index contributed by atoms with van der Waals surface area (Å²) in [6, 6.07) is 23.8. The lowest BCUT2D eigenvalue weighted by Gasteiger charge is -2.29. The van der Waals surface area contributed by atoms with Crippen molar-refractivity contribution in [3.63, 3.8) is 0 Å². The standard InChI is InChI=1S/C27H29N5O2/c1-34-26-11-5-2-8-22(26)25(31-16-6-7-17-31)18-28-27(33)21-14-12-20(13-15-21)19-32-24-10-4-3-9-23(24)29-30-32/h2-5,8-15,25H,6-7,16-19H2,1H3,(H,28,33). The van der Waals surface area contributed by atoms with Gasteiger partial charge < -0.3 is 10.1 Å². The number of amides is 1. The number of rotatable bonds is 8. The maximum absolute atomic E-state index is 13.0. The molecule has 1 aromatic heterocycles. The minimum atomic E-state index is -0.0724. The zero-order valence-corrected chi connectivity index (χ0v) is 19.4. The number of hydrogen-bond acceptors (Lipinski definition) is 5. The van der Waals surface area contributed by atoms with Gasteiger partial charge in [-0.1, -0.05) is 47.7 Å². The summed E-state index contributed by atoms with van der Waals surface area (Å²) in [4.78, 5) is 15.4. The van der Waals surface area contributed by atoms with E-state index in [9.17, 15) is 4.79 Å². The summed E-state index contributed by atoms with van der Waals surface area (Å²) in [5.41, 5.74) is 4.70. The number of methoxy groups -OCH3 is 1. The van der Waals surface area contributed by atoms with Crippen molar-refractivity contribution in [3.8, 4) is 5.75 Å². The summed E-state index contributed by atoms with van der Waals surface area (Å²) in [6.45, 7) is 3.20. The van der Waals surface area contributed by atoms with E-state index in [1.807, 2.05) is 71.4 Å². The van der Waals surface area contributed by atoms with Crippen molar-refractivity contribution in [1.29, 1.82) is 0 Å². The molecule has 1 unspecified atom stereocenters. The van der Waals surface area contributed by atoms with E-state index in [0.717, 1.165) is 41.0 Å². The SMILES string of the molecule is COc1ccccc1C(CNC(=O)c1ccc(Cn2nnc3ccccc32)cc1)N1CCCC1. The molecule has 7 nitrogen and oxygen atoms in total. The minimum Gasteiger partial charge on any atom is -0.496 e. The molecule has 1 N–H and O–H groups in total. The number of carbonyl (C=O) groups excluding carboxylic acids is 1. The molecule has 1 atom stereocenters. The van der Waals surface area contributed by atoms with Crippen LogP contribution in [-0.2, 0) is 6.54 Å². The number of carbonyl (C=O) groups is 1. The Morgan fingerprint density at radius 1 is 1.00 bits per heavy atom. The highest BCUT2D eigenvalue weighted by Gasteiger charge is 2.26. The molecule has 0 spiro atoms. The Hall–Kier alpha value is -3.71. The van der Waals surface area contributed by atoms with Gasteiger partial charge in [-0.3, -0.25) is 9.69 Å². The minimum absolute atomic E-state index is 0.0724. The van der Waals surface area contributed by atoms with Crippen molar-refractivity contribution in [2.24, 2.45) is 0 Å². The second kappa shape index (κ2) is 10.1. The average Bonchev–Trinajstić information content (AvgIpc) is 3.56. The molecule has 34 heavy (non-hydrogen) atoms. The average molecular weight is 456 g/mol. The molecule has 1 aliphatic heterocycles. The van der Waals surface area contributed by atoms with E-state index < -0.39 is 0 Å². The van der Waals surface area contributed by atoms with E-state index in [2.05, 4.69) is 26.6 Å². The molecular weight excluding hydrogens is 426 g/mol. The smallest absolute Gasteiger partial charge is 0.251 e. The summed E-state index contributed by atoms with van der Waals surface area (Å²) >= 11 is 0. The van der Waals surface area contributed by atoms with E-state index in [1.165, 1.54) is 12.8 Å². The van der Waals surface area contributed by atoms with Crippen LogP contribution in [-0.4, -0.2) is 52.5 Å². The fourth-order valence-electron chi connectivity index (χ4n) is 4.69. The van der Waals surface area contributed by atoms with Gasteiger partial charge in [0.2, 0.25) is 0 Å². The predicted octanol–water partition coefficient (Wildman–Crippen LogP) is 4.06. The van der Waals surface area contributed by atoms with Gasteiger partial charge >= 0.3 is 0 Å². The molecule has 0 bridgehead atoms. The second-order valence-corrected chi connectivity index (χ2v) is 8.64. The van der Waals surface area contributed by atoms with Gasteiger partial charge in [0.15, 0.2) is 0 Å². The van der Waals surface area contributed by atoms with Crippen LogP contribution in [0.15, 0.2) is 72.8 Å². The Bertz CT molecular complexity index is 1260. The topological polar surface area (TPSA) is 72.3 Å². The third-order valence-electron chi connectivity index (χ3n) is 6.50. The molecule has 1 fully saturated rings. The summed E-state index contributed by atoms with van der Waals surface area (Å²) < 4.78 is 7.48. The Morgan fingerprint density at radius 2 is 1.74 bits per heavy atom. The van der Waals surface area contributed by atoms with Crippen molar-refractivity contribution in [2.75, 3.05) is 26.7 Å². The summed E-state index contributed by atoms with van der Waals surface area (Å²) in [5.74, 6) is 0.787. The van der Waals surface area contributed by atoms with E-state index >= 15 is 0 Å². The van der Waals surface area contributed by atoms with Gasteiger partial charge in [-0.05, 0) is 61.8 Å². The number of aromatic nitrogens is 3. The molecule has 1 amide bonds. The van der Waals surface area contributed by atoms with Crippen molar-refractivity contribution < 1.29 is 9.53 Å². The molecule has 2 heterocycles. The molecule has 7 heteroatoms. The first-order valence-electron chi connectivity index (χ1n) is 11.8. The first-order chi connectivity index (χ1) is 16.7. The van der Waals surface area contributed by atoms with E-state index in [-0.39, 0.29) is 11.9 Å². The first kappa shape index (κ1) is 22.1. The summed E-state index contributed by atoms with van der Waals surface area (Å²) in [5, 5.41) is 11.6. The van der Waals surface area contributed by atoms with Crippen LogP contribution in [0.2, 0.25) is 0 Å². The maximum atomic E-state index is 13.0. The number of ether oxygens (including phenoxy) is 1. The lowest BCUT2D eigenvalue weighted by molar-refractivity contribution is 0.0937. The molecule has 4 aromatic rings. The van der Waals surface area contributed by atoms with Gasteiger partial charge in [-0.15, -0.1) is 5.10 Å². The van der Waals surface area contributed by atoms with Crippen LogP contribution in [0.1, 0.15) is 40.4 Å². The number of benzene rings is 3. The number of likely N-dealkylation sites (tertiary alicyclic amines) is 1. The van der Waals surface area contributed by atoms with Gasteiger partial charge in [-0.2, -0.15) is 0 Å². The quantitative estimate of drug-likeness (QED) is 0.434. The van der Waals surface area contributed by atoms with E-state index in [1.54, 1.807) is 7.11 Å². The highest BCUT2D eigenvalue weighted by molar-refractivity contribution is 5.94. The van der Waals surface area contributed by atoms with Gasteiger partial charge in [0.1, 0.15) is 11.3 Å². The first-order valence-corrected chi connectivity index (χ1v) is 11.8. The lowest BCUT2D eigenvalue weighted by atomic mass is 10.0.